The molecule has 0 bridgehead atoms. The van der Waals surface area contributed by atoms with Crippen LogP contribution in [0.1, 0.15) is 17.5 Å². The first kappa shape index (κ1) is 15.2. The van der Waals surface area contributed by atoms with E-state index < -0.39 is 0 Å². The molecule has 3 rings (SSSR count). The van der Waals surface area contributed by atoms with E-state index in [4.69, 9.17) is 14.2 Å². The average Bonchev–Trinajstić information content (AvgIpc) is 3.06. The number of hydrogen-bond donors (Lipinski definition) is 1. The van der Waals surface area contributed by atoms with E-state index in [9.17, 15) is 4.79 Å². The van der Waals surface area contributed by atoms with Crippen molar-refractivity contribution in [3.8, 4) is 17.2 Å². The van der Waals surface area contributed by atoms with Crippen molar-refractivity contribution in [2.24, 2.45) is 0 Å². The van der Waals surface area contributed by atoms with Crippen LogP contribution in [0.4, 0.5) is 0 Å². The Labute approximate surface area is 135 Å². The highest BCUT2D eigenvalue weighted by atomic mass is 16.7. The molecule has 5 heteroatoms. The van der Waals surface area contributed by atoms with Crippen LogP contribution in [0.3, 0.4) is 0 Å². The van der Waals surface area contributed by atoms with Crippen molar-refractivity contribution in [2.45, 2.75) is 19.4 Å². The molecule has 0 fully saturated rings. The Morgan fingerprint density at radius 2 is 1.83 bits per heavy atom. The fourth-order valence-electron chi connectivity index (χ4n) is 2.39. The molecule has 0 aliphatic carbocycles. The highest BCUT2D eigenvalue weighted by Gasteiger charge is 2.13. The molecule has 5 nitrogen and oxygen atoms in total. The number of carbonyl (C=O) groups excluding carboxylic acids is 1. The topological polar surface area (TPSA) is 56.8 Å². The summed E-state index contributed by atoms with van der Waals surface area (Å²) in [7, 11) is 1.63. The van der Waals surface area contributed by atoms with Gasteiger partial charge in [-0.2, -0.15) is 0 Å². The summed E-state index contributed by atoms with van der Waals surface area (Å²) >= 11 is 0. The third-order valence-electron chi connectivity index (χ3n) is 3.73. The summed E-state index contributed by atoms with van der Waals surface area (Å²) in [6.45, 7) is 0.783. The lowest BCUT2D eigenvalue weighted by Gasteiger charge is -2.07. The van der Waals surface area contributed by atoms with Gasteiger partial charge in [-0.1, -0.05) is 18.2 Å². The van der Waals surface area contributed by atoms with Gasteiger partial charge in [-0.15, -0.1) is 0 Å². The van der Waals surface area contributed by atoms with E-state index in [-0.39, 0.29) is 12.7 Å². The predicted molar refractivity (Wildman–Crippen MR) is 85.7 cm³/mol. The molecule has 1 amide bonds. The molecule has 0 aromatic heterocycles. The van der Waals surface area contributed by atoms with Gasteiger partial charge in [0.1, 0.15) is 5.75 Å². The molecule has 2 aromatic carbocycles. The molecule has 1 N–H and O–H groups in total. The van der Waals surface area contributed by atoms with Crippen LogP contribution < -0.4 is 19.5 Å². The molecule has 0 radical (unpaired) electrons. The van der Waals surface area contributed by atoms with Crippen molar-refractivity contribution in [1.29, 1.82) is 0 Å². The van der Waals surface area contributed by atoms with E-state index >= 15 is 0 Å². The molecule has 23 heavy (non-hydrogen) atoms. The van der Waals surface area contributed by atoms with Gasteiger partial charge < -0.3 is 19.5 Å². The summed E-state index contributed by atoms with van der Waals surface area (Å²) in [5.74, 6) is 2.35. The fourth-order valence-corrected chi connectivity index (χ4v) is 2.39. The Kier molecular flexibility index (Phi) is 4.66. The Hall–Kier alpha value is -2.69. The summed E-state index contributed by atoms with van der Waals surface area (Å²) in [5.41, 5.74) is 2.11. The number of methoxy groups -OCH3 is 1. The van der Waals surface area contributed by atoms with Crippen LogP contribution in [0.25, 0.3) is 0 Å². The highest BCUT2D eigenvalue weighted by molar-refractivity contribution is 5.76. The molecule has 1 heterocycles. The molecule has 0 unspecified atom stereocenters. The van der Waals surface area contributed by atoms with Gasteiger partial charge in [0.15, 0.2) is 11.5 Å². The lowest BCUT2D eigenvalue weighted by molar-refractivity contribution is -0.121. The number of amides is 1. The summed E-state index contributed by atoms with van der Waals surface area (Å²) < 4.78 is 15.7. The first-order valence-electron chi connectivity index (χ1n) is 7.53. The molecule has 2 aromatic rings. The number of hydrogen-bond acceptors (Lipinski definition) is 4. The lowest BCUT2D eigenvalue weighted by atomic mass is 10.1. The SMILES string of the molecule is COc1ccc(CNC(=O)CCc2ccc3c(c2)OCO3)cc1. The van der Waals surface area contributed by atoms with Gasteiger partial charge in [-0.05, 0) is 41.8 Å². The maximum atomic E-state index is 12.0. The first-order valence-corrected chi connectivity index (χ1v) is 7.53. The third kappa shape index (κ3) is 3.94. The molecule has 0 saturated heterocycles. The Balaban J connectivity index is 1.45. The van der Waals surface area contributed by atoms with Crippen molar-refractivity contribution in [1.82, 2.24) is 5.32 Å². The van der Waals surface area contributed by atoms with Crippen LogP contribution in [-0.4, -0.2) is 19.8 Å². The molecule has 0 atom stereocenters. The second-order valence-corrected chi connectivity index (χ2v) is 5.31. The quantitative estimate of drug-likeness (QED) is 0.891. The minimum Gasteiger partial charge on any atom is -0.497 e. The third-order valence-corrected chi connectivity index (χ3v) is 3.73. The van der Waals surface area contributed by atoms with Crippen LogP contribution in [0.15, 0.2) is 42.5 Å². The van der Waals surface area contributed by atoms with Crippen molar-refractivity contribution in [2.75, 3.05) is 13.9 Å². The maximum Gasteiger partial charge on any atom is 0.231 e. The van der Waals surface area contributed by atoms with Crippen LogP contribution in [0, 0.1) is 0 Å². The normalized spacial score (nSPS) is 12.0. The zero-order chi connectivity index (χ0) is 16.1. The molecule has 1 aliphatic heterocycles. The number of carbonyl (C=O) groups is 1. The van der Waals surface area contributed by atoms with Gasteiger partial charge in [0.05, 0.1) is 7.11 Å². The first-order chi connectivity index (χ1) is 11.2. The Morgan fingerprint density at radius 1 is 1.09 bits per heavy atom. The lowest BCUT2D eigenvalue weighted by Crippen LogP contribution is -2.22. The zero-order valence-electron chi connectivity index (χ0n) is 13.0. The Morgan fingerprint density at radius 3 is 2.61 bits per heavy atom. The molecule has 120 valence electrons. The van der Waals surface area contributed by atoms with Crippen LogP contribution in [0.5, 0.6) is 17.2 Å². The summed E-state index contributed by atoms with van der Waals surface area (Å²) in [6, 6.07) is 13.4. The molecular weight excluding hydrogens is 294 g/mol. The average molecular weight is 313 g/mol. The van der Waals surface area contributed by atoms with E-state index in [2.05, 4.69) is 5.32 Å². The molecule has 1 aliphatic rings. The second-order valence-electron chi connectivity index (χ2n) is 5.31. The standard InChI is InChI=1S/C18H19NO4/c1-21-15-6-2-14(3-7-15)11-19-18(20)9-5-13-4-8-16-17(10-13)23-12-22-16/h2-4,6-8,10H,5,9,11-12H2,1H3,(H,19,20). The van der Waals surface area contributed by atoms with Gasteiger partial charge >= 0.3 is 0 Å². The number of fused-ring (bicyclic) bond motifs is 1. The summed E-state index contributed by atoms with van der Waals surface area (Å²) in [6.07, 6.45) is 1.11. The van der Waals surface area contributed by atoms with Crippen LogP contribution >= 0.6 is 0 Å². The summed E-state index contributed by atoms with van der Waals surface area (Å²) in [4.78, 5) is 12.0. The smallest absolute Gasteiger partial charge is 0.231 e. The van der Waals surface area contributed by atoms with E-state index in [1.54, 1.807) is 7.11 Å². The number of rotatable bonds is 6. The monoisotopic (exact) mass is 313 g/mol. The highest BCUT2D eigenvalue weighted by Crippen LogP contribution is 2.32. The fraction of sp³-hybridized carbons (Fsp3) is 0.278. The maximum absolute atomic E-state index is 12.0. The number of benzene rings is 2. The van der Waals surface area contributed by atoms with Gasteiger partial charge in [0.25, 0.3) is 0 Å². The van der Waals surface area contributed by atoms with Crippen molar-refractivity contribution in [3.63, 3.8) is 0 Å². The number of aryl methyl sites for hydroxylation is 1. The van der Waals surface area contributed by atoms with Crippen LogP contribution in [0.2, 0.25) is 0 Å². The van der Waals surface area contributed by atoms with Gasteiger partial charge in [0, 0.05) is 13.0 Å². The zero-order valence-corrected chi connectivity index (χ0v) is 13.0. The molecule has 0 spiro atoms. The minimum absolute atomic E-state index is 0.0264. The van der Waals surface area contributed by atoms with E-state index in [1.807, 2.05) is 42.5 Å². The van der Waals surface area contributed by atoms with Crippen LogP contribution in [-0.2, 0) is 17.8 Å². The summed E-state index contributed by atoms with van der Waals surface area (Å²) in [5, 5.41) is 2.92. The van der Waals surface area contributed by atoms with Crippen molar-refractivity contribution < 1.29 is 19.0 Å². The van der Waals surface area contributed by atoms with Crippen molar-refractivity contribution >= 4 is 5.91 Å². The number of nitrogens with one attached hydrogen (secondary N) is 1. The van der Waals surface area contributed by atoms with E-state index in [0.717, 1.165) is 28.4 Å². The van der Waals surface area contributed by atoms with Gasteiger partial charge in [-0.25, -0.2) is 0 Å². The van der Waals surface area contributed by atoms with E-state index in [1.165, 1.54) is 0 Å². The second kappa shape index (κ2) is 7.05. The molecule has 0 saturated carbocycles. The number of ether oxygens (including phenoxy) is 3. The Bertz CT molecular complexity index is 682. The van der Waals surface area contributed by atoms with E-state index in [0.29, 0.717) is 19.4 Å². The van der Waals surface area contributed by atoms with Gasteiger partial charge in [0.2, 0.25) is 12.7 Å². The minimum atomic E-state index is 0.0264. The largest absolute Gasteiger partial charge is 0.497 e. The molecular formula is C18H19NO4. The van der Waals surface area contributed by atoms with Gasteiger partial charge in [-0.3, -0.25) is 4.79 Å². The van der Waals surface area contributed by atoms with Crippen molar-refractivity contribution in [3.05, 3.63) is 53.6 Å². The predicted octanol–water partition coefficient (Wildman–Crippen LogP) is 2.67.